The lowest BCUT2D eigenvalue weighted by molar-refractivity contribution is 0.111. The second-order valence-corrected chi connectivity index (χ2v) is 2.91. The fourth-order valence-electron chi connectivity index (χ4n) is 0.864. The summed E-state index contributed by atoms with van der Waals surface area (Å²) in [4.78, 5) is 10.3. The van der Waals surface area contributed by atoms with Gasteiger partial charge in [-0.3, -0.25) is 4.79 Å². The van der Waals surface area contributed by atoms with Crippen LogP contribution in [0.3, 0.4) is 0 Å². The summed E-state index contributed by atoms with van der Waals surface area (Å²) >= 11 is 1.14. The number of rotatable bonds is 3. The molecule has 2 heterocycles. The molecule has 0 spiro atoms. The van der Waals surface area contributed by atoms with Crippen LogP contribution in [0.25, 0.3) is 0 Å². The summed E-state index contributed by atoms with van der Waals surface area (Å²) < 4.78 is 9.39. The Bertz CT molecular complexity index is 395. The van der Waals surface area contributed by atoms with Crippen LogP contribution >= 0.6 is 11.7 Å². The Labute approximate surface area is 77.5 Å². The number of nitrogens with zero attached hydrogens (tertiary/aromatic N) is 5. The Morgan fingerprint density at radius 3 is 3.15 bits per heavy atom. The van der Waals surface area contributed by atoms with Gasteiger partial charge in [0, 0.05) is 0 Å². The predicted octanol–water partition coefficient (Wildman–Crippen LogP) is -0.00960. The number of carbonyl (C=O) groups is 1. The van der Waals surface area contributed by atoms with E-state index >= 15 is 0 Å². The van der Waals surface area contributed by atoms with E-state index in [-0.39, 0.29) is 0 Å². The largest absolute Gasteiger partial charge is 0.296 e. The zero-order chi connectivity index (χ0) is 9.10. The maximum absolute atomic E-state index is 10.3. The predicted molar refractivity (Wildman–Crippen MR) is 44.4 cm³/mol. The zero-order valence-corrected chi connectivity index (χ0v) is 7.31. The van der Waals surface area contributed by atoms with Gasteiger partial charge in [-0.25, -0.2) is 4.68 Å². The van der Waals surface area contributed by atoms with Crippen LogP contribution in [0.4, 0.5) is 0 Å². The molecule has 2 rings (SSSR count). The molecular weight excluding hydrogens is 190 g/mol. The second kappa shape index (κ2) is 3.40. The van der Waals surface area contributed by atoms with E-state index < -0.39 is 0 Å². The van der Waals surface area contributed by atoms with E-state index in [0.29, 0.717) is 18.5 Å². The van der Waals surface area contributed by atoms with Crippen LogP contribution in [-0.2, 0) is 6.54 Å². The molecule has 0 bridgehead atoms. The van der Waals surface area contributed by atoms with Gasteiger partial charge in [-0.2, -0.15) is 8.75 Å². The monoisotopic (exact) mass is 195 g/mol. The summed E-state index contributed by atoms with van der Waals surface area (Å²) in [7, 11) is 0. The highest BCUT2D eigenvalue weighted by atomic mass is 32.1. The quantitative estimate of drug-likeness (QED) is 0.644. The zero-order valence-electron chi connectivity index (χ0n) is 6.49. The normalized spacial score (nSPS) is 10.2. The van der Waals surface area contributed by atoms with Gasteiger partial charge in [0.2, 0.25) is 0 Å². The summed E-state index contributed by atoms with van der Waals surface area (Å²) in [5, 5.41) is 7.35. The van der Waals surface area contributed by atoms with Crippen LogP contribution < -0.4 is 0 Å². The molecule has 2 aromatic rings. The lowest BCUT2D eigenvalue weighted by Crippen LogP contribution is -2.00. The van der Waals surface area contributed by atoms with Crippen molar-refractivity contribution in [1.82, 2.24) is 23.7 Å². The molecule has 13 heavy (non-hydrogen) atoms. The standard InChI is InChI=1S/C6H5N5OS/c12-4-6-3-11(10-8-6)2-5-1-7-13-9-5/h1,3-4H,2H2. The third kappa shape index (κ3) is 1.75. The molecule has 6 nitrogen and oxygen atoms in total. The van der Waals surface area contributed by atoms with Crippen molar-refractivity contribution in [2.24, 2.45) is 0 Å². The fraction of sp³-hybridized carbons (Fsp3) is 0.167. The van der Waals surface area contributed by atoms with Gasteiger partial charge in [-0.15, -0.1) is 5.10 Å². The highest BCUT2D eigenvalue weighted by molar-refractivity contribution is 6.99. The smallest absolute Gasteiger partial charge is 0.171 e. The molecule has 0 aliphatic heterocycles. The van der Waals surface area contributed by atoms with E-state index in [2.05, 4.69) is 19.1 Å². The van der Waals surface area contributed by atoms with Crippen LogP contribution in [0.1, 0.15) is 16.2 Å². The molecule has 0 aliphatic rings. The SMILES string of the molecule is O=Cc1cn(Cc2cnsn2)nn1. The van der Waals surface area contributed by atoms with Crippen LogP contribution in [0.2, 0.25) is 0 Å². The summed E-state index contributed by atoms with van der Waals surface area (Å²) in [6.07, 6.45) is 3.88. The van der Waals surface area contributed by atoms with Crippen molar-refractivity contribution < 1.29 is 4.79 Å². The molecule has 0 atom stereocenters. The first-order valence-electron chi connectivity index (χ1n) is 3.50. The minimum absolute atomic E-state index is 0.322. The summed E-state index contributed by atoms with van der Waals surface area (Å²) in [6.45, 7) is 0.497. The molecule has 0 saturated heterocycles. The minimum atomic E-state index is 0.322. The van der Waals surface area contributed by atoms with Crippen molar-refractivity contribution in [2.45, 2.75) is 6.54 Å². The third-order valence-electron chi connectivity index (χ3n) is 1.41. The fourth-order valence-corrected chi connectivity index (χ4v) is 1.29. The van der Waals surface area contributed by atoms with Gasteiger partial charge in [-0.05, 0) is 0 Å². The molecule has 0 aromatic carbocycles. The lowest BCUT2D eigenvalue weighted by atomic mass is 10.5. The van der Waals surface area contributed by atoms with Gasteiger partial charge in [0.1, 0.15) is 5.69 Å². The van der Waals surface area contributed by atoms with Crippen molar-refractivity contribution in [3.8, 4) is 0 Å². The Hall–Kier alpha value is -1.63. The van der Waals surface area contributed by atoms with Gasteiger partial charge < -0.3 is 0 Å². The van der Waals surface area contributed by atoms with Crippen LogP contribution in [0.15, 0.2) is 12.4 Å². The summed E-state index contributed by atoms with van der Waals surface area (Å²) in [5.74, 6) is 0. The van der Waals surface area contributed by atoms with Gasteiger partial charge in [-0.1, -0.05) is 5.21 Å². The Morgan fingerprint density at radius 2 is 2.54 bits per heavy atom. The number of aromatic nitrogens is 5. The first kappa shape index (κ1) is 7.99. The van der Waals surface area contributed by atoms with Gasteiger partial charge >= 0.3 is 0 Å². The maximum Gasteiger partial charge on any atom is 0.171 e. The maximum atomic E-state index is 10.3. The Kier molecular flexibility index (Phi) is 2.09. The first-order valence-corrected chi connectivity index (χ1v) is 4.23. The molecule has 0 N–H and O–H groups in total. The van der Waals surface area contributed by atoms with E-state index in [1.807, 2.05) is 0 Å². The summed E-state index contributed by atoms with van der Waals surface area (Å²) in [5.41, 5.74) is 1.13. The van der Waals surface area contributed by atoms with Crippen LogP contribution in [-0.4, -0.2) is 30.0 Å². The number of hydrogen-bond donors (Lipinski definition) is 0. The molecule has 0 saturated carbocycles. The van der Waals surface area contributed by atoms with Crippen LogP contribution in [0, 0.1) is 0 Å². The third-order valence-corrected chi connectivity index (χ3v) is 1.92. The average Bonchev–Trinajstić information content (AvgIpc) is 2.76. The van der Waals surface area contributed by atoms with E-state index in [1.54, 1.807) is 17.1 Å². The molecule has 0 fully saturated rings. The molecule has 7 heteroatoms. The Morgan fingerprint density at radius 1 is 1.62 bits per heavy atom. The van der Waals surface area contributed by atoms with E-state index in [0.717, 1.165) is 17.4 Å². The van der Waals surface area contributed by atoms with Gasteiger partial charge in [0.15, 0.2) is 6.29 Å². The van der Waals surface area contributed by atoms with Crippen molar-refractivity contribution in [3.63, 3.8) is 0 Å². The number of aldehydes is 1. The Balaban J connectivity index is 2.14. The second-order valence-electron chi connectivity index (χ2n) is 2.36. The molecule has 0 unspecified atom stereocenters. The van der Waals surface area contributed by atoms with E-state index in [4.69, 9.17) is 0 Å². The molecule has 0 radical (unpaired) electrons. The minimum Gasteiger partial charge on any atom is -0.296 e. The van der Waals surface area contributed by atoms with E-state index in [1.165, 1.54) is 0 Å². The number of carbonyl (C=O) groups excluding carboxylic acids is 1. The lowest BCUT2D eigenvalue weighted by Gasteiger charge is -1.92. The highest BCUT2D eigenvalue weighted by Crippen LogP contribution is 1.98. The van der Waals surface area contributed by atoms with Crippen molar-refractivity contribution >= 4 is 18.0 Å². The molecule has 66 valence electrons. The molecule has 2 aromatic heterocycles. The van der Waals surface area contributed by atoms with Crippen molar-refractivity contribution in [2.75, 3.05) is 0 Å². The van der Waals surface area contributed by atoms with E-state index in [9.17, 15) is 4.79 Å². The molecule has 0 amide bonds. The average molecular weight is 195 g/mol. The topological polar surface area (TPSA) is 73.6 Å². The highest BCUT2D eigenvalue weighted by Gasteiger charge is 2.01. The van der Waals surface area contributed by atoms with Crippen molar-refractivity contribution in [1.29, 1.82) is 0 Å². The van der Waals surface area contributed by atoms with Crippen molar-refractivity contribution in [3.05, 3.63) is 23.8 Å². The number of hydrogen-bond acceptors (Lipinski definition) is 6. The van der Waals surface area contributed by atoms with Crippen LogP contribution in [0.5, 0.6) is 0 Å². The molecule has 0 aliphatic carbocycles. The first-order chi connectivity index (χ1) is 6.38. The molecular formula is C6H5N5OS. The summed E-state index contributed by atoms with van der Waals surface area (Å²) in [6, 6.07) is 0. The van der Waals surface area contributed by atoms with Gasteiger partial charge in [0.25, 0.3) is 0 Å². The van der Waals surface area contributed by atoms with Gasteiger partial charge in [0.05, 0.1) is 36.4 Å².